The Morgan fingerprint density at radius 2 is 1.66 bits per heavy atom. The fourth-order valence-electron chi connectivity index (χ4n) is 2.92. The highest BCUT2D eigenvalue weighted by atomic mass is 19.1. The first-order chi connectivity index (χ1) is 14.0. The Morgan fingerprint density at radius 1 is 1.00 bits per heavy atom. The topological polar surface area (TPSA) is 58.1 Å². The molecule has 0 aliphatic heterocycles. The van der Waals surface area contributed by atoms with Crippen molar-refractivity contribution >= 4 is 11.9 Å². The minimum absolute atomic E-state index is 0.214. The standard InChI is InChI=1S/C23H25FN4O/c1-17(2)28(16-19-6-4-3-5-7-19)23-26-14-20(15-27-23)22(29)25-13-12-18-8-10-21(24)11-9-18/h3-11,14-15,17H,12-13,16H2,1-2H3,(H,25,29). The molecule has 0 spiro atoms. The Labute approximate surface area is 170 Å². The molecule has 3 aromatic rings. The second-order valence-corrected chi connectivity index (χ2v) is 7.11. The number of amides is 1. The lowest BCUT2D eigenvalue weighted by Gasteiger charge is -2.26. The van der Waals surface area contributed by atoms with Gasteiger partial charge < -0.3 is 10.2 Å². The highest BCUT2D eigenvalue weighted by Crippen LogP contribution is 2.15. The van der Waals surface area contributed by atoms with Crippen LogP contribution in [0.4, 0.5) is 10.3 Å². The molecule has 150 valence electrons. The van der Waals surface area contributed by atoms with Crippen LogP contribution in [0, 0.1) is 5.82 Å². The van der Waals surface area contributed by atoms with E-state index >= 15 is 0 Å². The molecule has 3 rings (SSSR count). The first-order valence-electron chi connectivity index (χ1n) is 9.68. The molecule has 0 atom stereocenters. The normalized spacial score (nSPS) is 10.8. The SMILES string of the molecule is CC(C)N(Cc1ccccc1)c1ncc(C(=O)NCCc2ccc(F)cc2)cn1. The molecule has 5 nitrogen and oxygen atoms in total. The van der Waals surface area contributed by atoms with Crippen molar-refractivity contribution in [1.82, 2.24) is 15.3 Å². The zero-order chi connectivity index (χ0) is 20.6. The van der Waals surface area contributed by atoms with E-state index < -0.39 is 0 Å². The van der Waals surface area contributed by atoms with Crippen LogP contribution in [-0.4, -0.2) is 28.5 Å². The Hall–Kier alpha value is -3.28. The second kappa shape index (κ2) is 9.78. The van der Waals surface area contributed by atoms with Crippen LogP contribution in [0.2, 0.25) is 0 Å². The molecule has 0 saturated heterocycles. The first-order valence-corrected chi connectivity index (χ1v) is 9.68. The monoisotopic (exact) mass is 392 g/mol. The van der Waals surface area contributed by atoms with Gasteiger partial charge in [-0.05, 0) is 43.5 Å². The summed E-state index contributed by atoms with van der Waals surface area (Å²) in [7, 11) is 0. The third-order valence-electron chi connectivity index (χ3n) is 4.59. The molecule has 6 heteroatoms. The van der Waals surface area contributed by atoms with E-state index in [0.717, 1.165) is 5.56 Å². The largest absolute Gasteiger partial charge is 0.352 e. The molecule has 1 heterocycles. The zero-order valence-corrected chi connectivity index (χ0v) is 16.7. The molecule has 1 aromatic heterocycles. The number of anilines is 1. The average molecular weight is 392 g/mol. The number of nitrogens with zero attached hydrogens (tertiary/aromatic N) is 3. The summed E-state index contributed by atoms with van der Waals surface area (Å²) >= 11 is 0. The van der Waals surface area contributed by atoms with Crippen LogP contribution in [0.25, 0.3) is 0 Å². The van der Waals surface area contributed by atoms with Gasteiger partial charge in [-0.15, -0.1) is 0 Å². The molecule has 1 amide bonds. The van der Waals surface area contributed by atoms with Gasteiger partial charge in [0.1, 0.15) is 5.82 Å². The van der Waals surface area contributed by atoms with Crippen molar-refractivity contribution in [2.75, 3.05) is 11.4 Å². The van der Waals surface area contributed by atoms with Crippen LogP contribution >= 0.6 is 0 Å². The van der Waals surface area contributed by atoms with Gasteiger partial charge >= 0.3 is 0 Å². The van der Waals surface area contributed by atoms with Crippen molar-refractivity contribution in [3.63, 3.8) is 0 Å². The van der Waals surface area contributed by atoms with Crippen molar-refractivity contribution in [3.05, 3.63) is 89.5 Å². The van der Waals surface area contributed by atoms with E-state index in [9.17, 15) is 9.18 Å². The van der Waals surface area contributed by atoms with E-state index in [1.807, 2.05) is 18.2 Å². The molecule has 29 heavy (non-hydrogen) atoms. The molecule has 0 saturated carbocycles. The van der Waals surface area contributed by atoms with Gasteiger partial charge in [0, 0.05) is 31.5 Å². The van der Waals surface area contributed by atoms with E-state index in [1.165, 1.54) is 17.7 Å². The van der Waals surface area contributed by atoms with Crippen LogP contribution in [0.3, 0.4) is 0 Å². The molecule has 1 N–H and O–H groups in total. The predicted molar refractivity (Wildman–Crippen MR) is 112 cm³/mol. The smallest absolute Gasteiger partial charge is 0.254 e. The summed E-state index contributed by atoms with van der Waals surface area (Å²) in [5.41, 5.74) is 2.55. The molecule has 0 radical (unpaired) electrons. The number of aromatic nitrogens is 2. The van der Waals surface area contributed by atoms with Crippen molar-refractivity contribution in [3.8, 4) is 0 Å². The van der Waals surface area contributed by atoms with Gasteiger partial charge in [0.2, 0.25) is 5.95 Å². The van der Waals surface area contributed by atoms with Gasteiger partial charge in [0.25, 0.3) is 5.91 Å². The third-order valence-corrected chi connectivity index (χ3v) is 4.59. The van der Waals surface area contributed by atoms with Crippen LogP contribution in [0.5, 0.6) is 0 Å². The van der Waals surface area contributed by atoms with Crippen LogP contribution in [0.15, 0.2) is 67.0 Å². The summed E-state index contributed by atoms with van der Waals surface area (Å²) in [4.78, 5) is 23.2. The molecule has 0 aliphatic rings. The zero-order valence-electron chi connectivity index (χ0n) is 16.7. The fourth-order valence-corrected chi connectivity index (χ4v) is 2.92. The van der Waals surface area contributed by atoms with Crippen LogP contribution in [0.1, 0.15) is 35.3 Å². The number of nitrogens with one attached hydrogen (secondary N) is 1. The summed E-state index contributed by atoms with van der Waals surface area (Å²) in [6.45, 7) is 5.32. The van der Waals surface area contributed by atoms with Gasteiger partial charge in [0.05, 0.1) is 5.56 Å². The average Bonchev–Trinajstić information content (AvgIpc) is 2.74. The molecule has 0 aliphatic carbocycles. The lowest BCUT2D eigenvalue weighted by Crippen LogP contribution is -2.32. The van der Waals surface area contributed by atoms with Crippen LogP contribution in [-0.2, 0) is 13.0 Å². The molecular formula is C23H25FN4O. The maximum Gasteiger partial charge on any atom is 0.254 e. The lowest BCUT2D eigenvalue weighted by atomic mass is 10.1. The van der Waals surface area contributed by atoms with Gasteiger partial charge in [-0.1, -0.05) is 42.5 Å². The molecule has 0 bridgehead atoms. The van der Waals surface area contributed by atoms with Crippen molar-refractivity contribution < 1.29 is 9.18 Å². The molecule has 2 aromatic carbocycles. The molecule has 0 fully saturated rings. The Balaban J connectivity index is 1.58. The number of halogens is 1. The highest BCUT2D eigenvalue weighted by Gasteiger charge is 2.15. The lowest BCUT2D eigenvalue weighted by molar-refractivity contribution is 0.0953. The van der Waals surface area contributed by atoms with Gasteiger partial charge in [-0.3, -0.25) is 4.79 Å². The first kappa shape index (κ1) is 20.5. The summed E-state index contributed by atoms with van der Waals surface area (Å²) in [6, 6.07) is 16.6. The number of benzene rings is 2. The van der Waals surface area contributed by atoms with E-state index in [4.69, 9.17) is 0 Å². The summed E-state index contributed by atoms with van der Waals surface area (Å²) in [6.07, 6.45) is 3.73. The van der Waals surface area contributed by atoms with Crippen molar-refractivity contribution in [2.24, 2.45) is 0 Å². The Kier molecular flexibility index (Phi) is 6.89. The molecule has 0 unspecified atom stereocenters. The van der Waals surface area contributed by atoms with Crippen molar-refractivity contribution in [1.29, 1.82) is 0 Å². The number of hydrogen-bond acceptors (Lipinski definition) is 4. The third kappa shape index (κ3) is 5.85. The minimum atomic E-state index is -0.266. The number of rotatable bonds is 8. The highest BCUT2D eigenvalue weighted by molar-refractivity contribution is 5.93. The van der Waals surface area contributed by atoms with Gasteiger partial charge in [-0.25, -0.2) is 14.4 Å². The van der Waals surface area contributed by atoms with E-state index in [-0.39, 0.29) is 17.8 Å². The quantitative estimate of drug-likeness (QED) is 0.629. The van der Waals surface area contributed by atoms with E-state index in [1.54, 1.807) is 24.5 Å². The van der Waals surface area contributed by atoms with Gasteiger partial charge in [-0.2, -0.15) is 0 Å². The maximum absolute atomic E-state index is 12.9. The fraction of sp³-hybridized carbons (Fsp3) is 0.261. The summed E-state index contributed by atoms with van der Waals surface area (Å²) in [5, 5.41) is 2.85. The minimum Gasteiger partial charge on any atom is -0.352 e. The van der Waals surface area contributed by atoms with Gasteiger partial charge in [0.15, 0.2) is 0 Å². The Morgan fingerprint density at radius 3 is 2.28 bits per heavy atom. The molecular weight excluding hydrogens is 367 g/mol. The number of carbonyl (C=O) groups excluding carboxylic acids is 1. The number of carbonyl (C=O) groups is 1. The van der Waals surface area contributed by atoms with E-state index in [2.05, 4.69) is 46.2 Å². The summed E-state index contributed by atoms with van der Waals surface area (Å²) < 4.78 is 12.9. The van der Waals surface area contributed by atoms with Crippen LogP contribution < -0.4 is 10.2 Å². The second-order valence-electron chi connectivity index (χ2n) is 7.11. The van der Waals surface area contributed by atoms with E-state index in [0.29, 0.717) is 31.0 Å². The predicted octanol–water partition coefficient (Wildman–Crippen LogP) is 4.00. The number of hydrogen-bond donors (Lipinski definition) is 1. The maximum atomic E-state index is 12.9. The van der Waals surface area contributed by atoms with Crippen molar-refractivity contribution in [2.45, 2.75) is 32.9 Å². The Bertz CT molecular complexity index is 912. The summed E-state index contributed by atoms with van der Waals surface area (Å²) in [5.74, 6) is 0.0993.